The van der Waals surface area contributed by atoms with Crippen LogP contribution in [-0.2, 0) is 0 Å². The van der Waals surface area contributed by atoms with Crippen LogP contribution in [0.15, 0.2) is 24.3 Å². The van der Waals surface area contributed by atoms with Gasteiger partial charge in [-0.25, -0.2) is 0 Å². The molecular weight excluding hydrogens is 152 g/mol. The molecule has 0 amide bonds. The molecule has 1 nitrogen and oxygen atoms in total. The van der Waals surface area contributed by atoms with Crippen molar-refractivity contribution in [3.8, 4) is 5.75 Å². The third kappa shape index (κ3) is 2.76. The number of rotatable bonds is 2. The molecule has 0 N–H and O–H groups in total. The second-order valence-electron chi connectivity index (χ2n) is 2.82. The maximum Gasteiger partial charge on any atom is 0.274 e. The molecule has 0 aromatic heterocycles. The van der Waals surface area contributed by atoms with Crippen LogP contribution in [0.25, 0.3) is 0 Å². The van der Waals surface area contributed by atoms with Gasteiger partial charge in [0.05, 0.1) is 0 Å². The van der Waals surface area contributed by atoms with Crippen molar-refractivity contribution in [1.29, 1.82) is 0 Å². The Morgan fingerprint density at radius 1 is 1.09 bits per heavy atom. The molecule has 1 aromatic carbocycles. The molecule has 0 fully saturated rings. The van der Waals surface area contributed by atoms with E-state index in [4.69, 9.17) is 4.43 Å². The Hall–Kier alpha value is -0.763. The van der Waals surface area contributed by atoms with E-state index < -0.39 is 9.04 Å². The van der Waals surface area contributed by atoms with E-state index >= 15 is 0 Å². The Labute approximate surface area is 69.7 Å². The van der Waals surface area contributed by atoms with Crippen LogP contribution < -0.4 is 4.43 Å². The summed E-state index contributed by atoms with van der Waals surface area (Å²) < 4.78 is 5.57. The molecule has 1 radical (unpaired) electrons. The quantitative estimate of drug-likeness (QED) is 0.612. The fourth-order valence-corrected chi connectivity index (χ4v) is 1.45. The fraction of sp³-hybridized carbons (Fsp3) is 0.333. The molecule has 0 bridgehead atoms. The van der Waals surface area contributed by atoms with Crippen molar-refractivity contribution in [2.24, 2.45) is 0 Å². The van der Waals surface area contributed by atoms with Gasteiger partial charge in [0.15, 0.2) is 0 Å². The monoisotopic (exact) mass is 165 g/mol. The van der Waals surface area contributed by atoms with Crippen molar-refractivity contribution in [3.63, 3.8) is 0 Å². The molecule has 0 saturated carbocycles. The molecule has 0 aliphatic rings. The van der Waals surface area contributed by atoms with Gasteiger partial charge in [0.25, 0.3) is 9.04 Å². The number of benzene rings is 1. The minimum absolute atomic E-state index is 0.600. The number of hydrogen-bond donors (Lipinski definition) is 0. The second-order valence-corrected chi connectivity index (χ2v) is 4.84. The van der Waals surface area contributed by atoms with Gasteiger partial charge in [-0.2, -0.15) is 0 Å². The van der Waals surface area contributed by atoms with E-state index in [9.17, 15) is 0 Å². The molecule has 1 rings (SSSR count). The van der Waals surface area contributed by atoms with Crippen LogP contribution in [0, 0.1) is 6.92 Å². The van der Waals surface area contributed by atoms with Crippen LogP contribution in [0.5, 0.6) is 5.75 Å². The van der Waals surface area contributed by atoms with Crippen LogP contribution in [0.1, 0.15) is 5.56 Å². The molecule has 59 valence electrons. The van der Waals surface area contributed by atoms with Crippen molar-refractivity contribution in [2.45, 2.75) is 20.0 Å². The molecule has 1 aromatic rings. The molecule has 0 saturated heterocycles. The zero-order valence-electron chi connectivity index (χ0n) is 7.22. The van der Waals surface area contributed by atoms with Crippen LogP contribution in [0.2, 0.25) is 13.1 Å². The lowest BCUT2D eigenvalue weighted by Gasteiger charge is -2.07. The van der Waals surface area contributed by atoms with Crippen LogP contribution in [0.4, 0.5) is 0 Å². The average Bonchev–Trinajstić information content (AvgIpc) is 1.93. The summed E-state index contributed by atoms with van der Waals surface area (Å²) in [7, 11) is -0.600. The van der Waals surface area contributed by atoms with Crippen molar-refractivity contribution >= 4 is 9.04 Å². The van der Waals surface area contributed by atoms with Crippen molar-refractivity contribution in [2.75, 3.05) is 0 Å². The fourth-order valence-electron chi connectivity index (χ4n) is 0.842. The first-order valence-electron chi connectivity index (χ1n) is 3.73. The summed E-state index contributed by atoms with van der Waals surface area (Å²) in [6.45, 7) is 6.34. The summed E-state index contributed by atoms with van der Waals surface area (Å²) in [5.41, 5.74) is 1.28. The first-order chi connectivity index (χ1) is 5.18. The molecule has 0 aliphatic carbocycles. The third-order valence-corrected chi connectivity index (χ3v) is 1.99. The summed E-state index contributed by atoms with van der Waals surface area (Å²) in [5, 5.41) is 0. The second kappa shape index (κ2) is 3.58. The van der Waals surface area contributed by atoms with Gasteiger partial charge in [0.2, 0.25) is 0 Å². The van der Waals surface area contributed by atoms with Crippen LogP contribution >= 0.6 is 0 Å². The van der Waals surface area contributed by atoms with E-state index in [1.807, 2.05) is 12.1 Å². The Balaban J connectivity index is 2.66. The highest BCUT2D eigenvalue weighted by Crippen LogP contribution is 2.11. The van der Waals surface area contributed by atoms with Gasteiger partial charge in [-0.05, 0) is 32.2 Å². The van der Waals surface area contributed by atoms with Gasteiger partial charge < -0.3 is 4.43 Å². The van der Waals surface area contributed by atoms with Gasteiger partial charge in [-0.1, -0.05) is 17.7 Å². The van der Waals surface area contributed by atoms with Crippen molar-refractivity contribution < 1.29 is 4.43 Å². The maximum atomic E-state index is 5.57. The smallest absolute Gasteiger partial charge is 0.274 e. The SMILES string of the molecule is Cc1ccc(O[Si](C)C)cc1. The van der Waals surface area contributed by atoms with Crippen LogP contribution in [0.3, 0.4) is 0 Å². The largest absolute Gasteiger partial charge is 0.543 e. The van der Waals surface area contributed by atoms with Gasteiger partial charge in [-0.15, -0.1) is 0 Å². The van der Waals surface area contributed by atoms with Crippen molar-refractivity contribution in [3.05, 3.63) is 29.8 Å². The Bertz CT molecular complexity index is 216. The highest BCUT2D eigenvalue weighted by atomic mass is 28.3. The Morgan fingerprint density at radius 3 is 2.09 bits per heavy atom. The lowest BCUT2D eigenvalue weighted by Crippen LogP contribution is -2.10. The minimum atomic E-state index is -0.600. The first kappa shape index (κ1) is 8.33. The standard InChI is InChI=1S/C9H13OSi/c1-8-4-6-9(7-5-8)10-11(2)3/h4-7H,1-3H3. The third-order valence-electron chi connectivity index (χ3n) is 1.34. The first-order valence-corrected chi connectivity index (χ1v) is 6.14. The molecule has 0 heterocycles. The lowest BCUT2D eigenvalue weighted by molar-refractivity contribution is 0.580. The summed E-state index contributed by atoms with van der Waals surface area (Å²) in [5.74, 6) is 0.995. The van der Waals surface area contributed by atoms with E-state index in [2.05, 4.69) is 32.2 Å². The summed E-state index contributed by atoms with van der Waals surface area (Å²) in [6.07, 6.45) is 0. The molecule has 0 aliphatic heterocycles. The van der Waals surface area contributed by atoms with E-state index in [1.54, 1.807) is 0 Å². The van der Waals surface area contributed by atoms with Crippen molar-refractivity contribution in [1.82, 2.24) is 0 Å². The van der Waals surface area contributed by atoms with E-state index in [0.717, 1.165) is 5.75 Å². The van der Waals surface area contributed by atoms with Gasteiger partial charge in [0.1, 0.15) is 5.75 Å². The predicted molar refractivity (Wildman–Crippen MR) is 49.3 cm³/mol. The molecular formula is C9H13OSi. The molecule has 0 unspecified atom stereocenters. The van der Waals surface area contributed by atoms with Gasteiger partial charge in [-0.3, -0.25) is 0 Å². The average molecular weight is 165 g/mol. The topological polar surface area (TPSA) is 9.23 Å². The Morgan fingerprint density at radius 2 is 1.64 bits per heavy atom. The van der Waals surface area contributed by atoms with E-state index in [-0.39, 0.29) is 0 Å². The summed E-state index contributed by atoms with van der Waals surface area (Å²) >= 11 is 0. The number of aryl methyl sites for hydroxylation is 1. The number of hydrogen-bond acceptors (Lipinski definition) is 1. The Kier molecular flexibility index (Phi) is 2.71. The van der Waals surface area contributed by atoms with E-state index in [1.165, 1.54) is 5.56 Å². The molecule has 11 heavy (non-hydrogen) atoms. The molecule has 2 heteroatoms. The summed E-state index contributed by atoms with van der Waals surface area (Å²) in [4.78, 5) is 0. The van der Waals surface area contributed by atoms with Crippen LogP contribution in [-0.4, -0.2) is 9.04 Å². The normalized spacial score (nSPS) is 10.2. The maximum absolute atomic E-state index is 5.57. The highest BCUT2D eigenvalue weighted by Gasteiger charge is 1.98. The zero-order chi connectivity index (χ0) is 8.27. The summed E-state index contributed by atoms with van der Waals surface area (Å²) in [6, 6.07) is 8.18. The minimum Gasteiger partial charge on any atom is -0.543 e. The van der Waals surface area contributed by atoms with E-state index in [0.29, 0.717) is 0 Å². The van der Waals surface area contributed by atoms with Gasteiger partial charge in [0, 0.05) is 0 Å². The highest BCUT2D eigenvalue weighted by molar-refractivity contribution is 6.49. The molecule has 0 atom stereocenters. The van der Waals surface area contributed by atoms with Gasteiger partial charge >= 0.3 is 0 Å². The zero-order valence-corrected chi connectivity index (χ0v) is 8.22. The lowest BCUT2D eigenvalue weighted by atomic mass is 10.2. The molecule has 0 spiro atoms. The predicted octanol–water partition coefficient (Wildman–Crippen LogP) is 2.62.